The van der Waals surface area contributed by atoms with Crippen LogP contribution >= 0.6 is 0 Å². The van der Waals surface area contributed by atoms with E-state index in [-0.39, 0.29) is 18.2 Å². The molecule has 6 heteroatoms. The van der Waals surface area contributed by atoms with Crippen molar-refractivity contribution in [2.24, 2.45) is 0 Å². The molecule has 2 rings (SSSR count). The van der Waals surface area contributed by atoms with Crippen LogP contribution in [0.4, 0.5) is 13.2 Å². The highest BCUT2D eigenvalue weighted by Gasteiger charge is 2.42. The molecule has 2 fully saturated rings. The lowest BCUT2D eigenvalue weighted by Gasteiger charge is -2.43. The van der Waals surface area contributed by atoms with Crippen LogP contribution in [0, 0.1) is 0 Å². The van der Waals surface area contributed by atoms with Gasteiger partial charge in [0.15, 0.2) is 0 Å². The first-order valence-corrected chi connectivity index (χ1v) is 6.99. The summed E-state index contributed by atoms with van der Waals surface area (Å²) in [5.41, 5.74) is -0.371. The number of nitrogens with one attached hydrogen (secondary N) is 1. The van der Waals surface area contributed by atoms with Gasteiger partial charge in [0.05, 0.1) is 13.2 Å². The van der Waals surface area contributed by atoms with E-state index in [1.165, 1.54) is 11.9 Å². The number of hydrogen-bond donors (Lipinski definition) is 2. The van der Waals surface area contributed by atoms with Crippen molar-refractivity contribution >= 4 is 0 Å². The van der Waals surface area contributed by atoms with Crippen molar-refractivity contribution in [3.63, 3.8) is 0 Å². The molecule has 2 atom stereocenters. The summed E-state index contributed by atoms with van der Waals surface area (Å²) in [6.07, 6.45) is 1.18. The summed E-state index contributed by atoms with van der Waals surface area (Å²) in [5, 5.41) is 13.1. The predicted octanol–water partition coefficient (Wildman–Crippen LogP) is 1.91. The largest absolute Gasteiger partial charge is 0.401 e. The second-order valence-electron chi connectivity index (χ2n) is 6.14. The Morgan fingerprint density at radius 2 is 2.00 bits per heavy atom. The van der Waals surface area contributed by atoms with Crippen molar-refractivity contribution in [1.82, 2.24) is 10.2 Å². The lowest BCUT2D eigenvalue weighted by molar-refractivity contribution is -0.150. The summed E-state index contributed by atoms with van der Waals surface area (Å²) in [7, 11) is 1.53. The van der Waals surface area contributed by atoms with Gasteiger partial charge in [0.25, 0.3) is 0 Å². The van der Waals surface area contributed by atoms with Gasteiger partial charge in [0, 0.05) is 17.6 Å². The van der Waals surface area contributed by atoms with E-state index in [0.717, 1.165) is 32.1 Å². The fraction of sp³-hybridized carbons (Fsp3) is 1.00. The third-order valence-electron chi connectivity index (χ3n) is 4.26. The molecule has 2 aliphatic rings. The summed E-state index contributed by atoms with van der Waals surface area (Å²) < 4.78 is 37.3. The van der Waals surface area contributed by atoms with E-state index in [9.17, 15) is 18.3 Å². The number of nitrogens with zero attached hydrogens (tertiary/aromatic N) is 1. The van der Waals surface area contributed by atoms with Crippen LogP contribution in [0.3, 0.4) is 0 Å². The number of aliphatic hydroxyl groups excluding tert-OH is 1. The number of alkyl halides is 3. The molecule has 0 aromatic rings. The zero-order valence-electron chi connectivity index (χ0n) is 11.3. The average molecular weight is 280 g/mol. The van der Waals surface area contributed by atoms with Crippen LogP contribution in [0.1, 0.15) is 38.5 Å². The second-order valence-corrected chi connectivity index (χ2v) is 6.14. The molecule has 0 amide bonds. The molecule has 0 radical (unpaired) electrons. The van der Waals surface area contributed by atoms with Gasteiger partial charge >= 0.3 is 6.18 Å². The van der Waals surface area contributed by atoms with Gasteiger partial charge in [-0.25, -0.2) is 0 Å². The van der Waals surface area contributed by atoms with Crippen LogP contribution < -0.4 is 5.32 Å². The molecule has 19 heavy (non-hydrogen) atoms. The molecule has 2 aliphatic carbocycles. The van der Waals surface area contributed by atoms with Gasteiger partial charge in [0.2, 0.25) is 0 Å². The molecular formula is C13H23F3N2O. The number of halogens is 3. The maximum absolute atomic E-state index is 12.4. The predicted molar refractivity (Wildman–Crippen MR) is 66.9 cm³/mol. The Balaban J connectivity index is 1.94. The van der Waals surface area contributed by atoms with E-state index < -0.39 is 12.7 Å². The van der Waals surface area contributed by atoms with Crippen LogP contribution in [0.2, 0.25) is 0 Å². The Bertz CT molecular complexity index is 307. The number of hydrogen-bond acceptors (Lipinski definition) is 3. The van der Waals surface area contributed by atoms with Gasteiger partial charge in [-0.1, -0.05) is 0 Å². The summed E-state index contributed by atoms with van der Waals surface area (Å²) in [4.78, 5) is 1.39. The minimum atomic E-state index is -4.15. The average Bonchev–Trinajstić information content (AvgIpc) is 3.11. The molecule has 0 saturated heterocycles. The van der Waals surface area contributed by atoms with Crippen molar-refractivity contribution in [3.05, 3.63) is 0 Å². The van der Waals surface area contributed by atoms with E-state index in [2.05, 4.69) is 5.32 Å². The highest BCUT2D eigenvalue weighted by Crippen LogP contribution is 2.34. The van der Waals surface area contributed by atoms with Crippen LogP contribution in [0.25, 0.3) is 0 Å². The first-order chi connectivity index (χ1) is 8.84. The first-order valence-electron chi connectivity index (χ1n) is 6.99. The fourth-order valence-electron chi connectivity index (χ4n) is 3.10. The maximum Gasteiger partial charge on any atom is 0.401 e. The zero-order chi connectivity index (χ0) is 14.1. The van der Waals surface area contributed by atoms with Gasteiger partial charge in [-0.3, -0.25) is 4.90 Å². The van der Waals surface area contributed by atoms with Crippen LogP contribution in [-0.2, 0) is 0 Å². The molecule has 2 saturated carbocycles. The first kappa shape index (κ1) is 15.1. The third-order valence-corrected chi connectivity index (χ3v) is 4.26. The van der Waals surface area contributed by atoms with Gasteiger partial charge in [-0.05, 0) is 45.6 Å². The standard InChI is InChI=1S/C13H23F3N2O/c1-18(8-13(14,15)16)11-3-2-6-12(7-11,9-19)17-10-4-5-10/h10-11,17,19H,2-9H2,1H3. The van der Waals surface area contributed by atoms with Gasteiger partial charge in [-0.2, -0.15) is 13.2 Å². The maximum atomic E-state index is 12.4. The summed E-state index contributed by atoms with van der Waals surface area (Å²) in [6.45, 7) is -0.859. The Hall–Kier alpha value is -0.330. The molecular weight excluding hydrogens is 257 g/mol. The highest BCUT2D eigenvalue weighted by atomic mass is 19.4. The number of rotatable bonds is 5. The van der Waals surface area contributed by atoms with E-state index in [0.29, 0.717) is 12.5 Å². The van der Waals surface area contributed by atoms with Crippen molar-refractivity contribution in [3.8, 4) is 0 Å². The summed E-state index contributed by atoms with van der Waals surface area (Å²) in [5.74, 6) is 0. The molecule has 2 N–H and O–H groups in total. The molecule has 0 aliphatic heterocycles. The summed E-state index contributed by atoms with van der Waals surface area (Å²) in [6, 6.07) is 0.354. The van der Waals surface area contributed by atoms with E-state index in [1.807, 2.05) is 0 Å². The van der Waals surface area contributed by atoms with Gasteiger partial charge in [0.1, 0.15) is 0 Å². The van der Waals surface area contributed by atoms with Crippen molar-refractivity contribution in [2.45, 2.75) is 62.3 Å². The Morgan fingerprint density at radius 3 is 2.53 bits per heavy atom. The smallest absolute Gasteiger partial charge is 0.394 e. The normalized spacial score (nSPS) is 32.8. The van der Waals surface area contributed by atoms with Gasteiger partial charge < -0.3 is 10.4 Å². The van der Waals surface area contributed by atoms with Crippen LogP contribution in [0.15, 0.2) is 0 Å². The van der Waals surface area contributed by atoms with Crippen molar-refractivity contribution in [1.29, 1.82) is 0 Å². The Labute approximate surface area is 112 Å². The second kappa shape index (κ2) is 5.58. The molecule has 0 aromatic carbocycles. The lowest BCUT2D eigenvalue weighted by Crippen LogP contribution is -2.56. The molecule has 2 unspecified atom stereocenters. The monoisotopic (exact) mass is 280 g/mol. The fourth-order valence-corrected chi connectivity index (χ4v) is 3.10. The molecule has 0 aromatic heterocycles. The zero-order valence-corrected chi connectivity index (χ0v) is 11.3. The molecule has 0 heterocycles. The third kappa shape index (κ3) is 4.33. The number of aliphatic hydroxyl groups is 1. The molecule has 0 spiro atoms. The van der Waals surface area contributed by atoms with Crippen LogP contribution in [-0.4, -0.2) is 54.0 Å². The minimum absolute atomic E-state index is 0.0137. The summed E-state index contributed by atoms with van der Waals surface area (Å²) >= 11 is 0. The molecule has 0 bridgehead atoms. The highest BCUT2D eigenvalue weighted by molar-refractivity contribution is 5.00. The van der Waals surface area contributed by atoms with E-state index in [1.54, 1.807) is 0 Å². The quantitative estimate of drug-likeness (QED) is 0.807. The topological polar surface area (TPSA) is 35.5 Å². The van der Waals surface area contributed by atoms with Crippen LogP contribution in [0.5, 0.6) is 0 Å². The molecule has 3 nitrogen and oxygen atoms in total. The van der Waals surface area contributed by atoms with Crippen molar-refractivity contribution < 1.29 is 18.3 Å². The minimum Gasteiger partial charge on any atom is -0.394 e. The Morgan fingerprint density at radius 1 is 1.32 bits per heavy atom. The van der Waals surface area contributed by atoms with E-state index >= 15 is 0 Å². The lowest BCUT2D eigenvalue weighted by atomic mass is 9.78. The Kier molecular flexibility index (Phi) is 4.42. The van der Waals surface area contributed by atoms with E-state index in [4.69, 9.17) is 0 Å². The van der Waals surface area contributed by atoms with Crippen molar-refractivity contribution in [2.75, 3.05) is 20.2 Å². The molecule has 112 valence electrons. The SMILES string of the molecule is CN(CC(F)(F)F)C1CCCC(CO)(NC2CC2)C1. The van der Waals surface area contributed by atoms with Gasteiger partial charge in [-0.15, -0.1) is 0 Å².